The van der Waals surface area contributed by atoms with Gasteiger partial charge in [0.1, 0.15) is 0 Å². The van der Waals surface area contributed by atoms with Gasteiger partial charge in [-0.25, -0.2) is 4.79 Å². The van der Waals surface area contributed by atoms with E-state index in [-0.39, 0.29) is 5.56 Å². The topological polar surface area (TPSA) is 50.2 Å². The molecule has 0 amide bonds. The van der Waals surface area contributed by atoms with E-state index in [1.807, 2.05) is 19.1 Å². The molecule has 0 aliphatic heterocycles. The van der Waals surface area contributed by atoms with Gasteiger partial charge in [0.05, 0.1) is 11.3 Å². The number of carbonyl (C=O) groups is 1. The molecule has 0 aliphatic carbocycles. The Morgan fingerprint density at radius 2 is 1.81 bits per heavy atom. The summed E-state index contributed by atoms with van der Waals surface area (Å²) in [6, 6.07) is 10.6. The van der Waals surface area contributed by atoms with E-state index in [4.69, 9.17) is 5.11 Å². The predicted molar refractivity (Wildman–Crippen MR) is 61.4 cm³/mol. The van der Waals surface area contributed by atoms with E-state index in [1.165, 1.54) is 0 Å². The van der Waals surface area contributed by atoms with Crippen LogP contribution in [0.25, 0.3) is 11.3 Å². The van der Waals surface area contributed by atoms with Crippen molar-refractivity contribution in [1.29, 1.82) is 0 Å². The van der Waals surface area contributed by atoms with Gasteiger partial charge in [-0.3, -0.25) is 4.98 Å². The van der Waals surface area contributed by atoms with Crippen molar-refractivity contribution < 1.29 is 9.90 Å². The van der Waals surface area contributed by atoms with Crippen LogP contribution in [0.15, 0.2) is 42.6 Å². The molecule has 3 nitrogen and oxygen atoms in total. The van der Waals surface area contributed by atoms with Crippen molar-refractivity contribution >= 4 is 5.97 Å². The Morgan fingerprint density at radius 3 is 2.31 bits per heavy atom. The summed E-state index contributed by atoms with van der Waals surface area (Å²) < 4.78 is 0. The Balaban J connectivity index is 2.34. The molecule has 0 fully saturated rings. The molecule has 1 N–H and O–H groups in total. The lowest BCUT2D eigenvalue weighted by Gasteiger charge is -2.01. The molecule has 0 saturated carbocycles. The Hall–Kier alpha value is -2.16. The SMILES string of the molecule is Cc1ccc(-c2ccc(C(=O)O)cc2)nc1. The van der Waals surface area contributed by atoms with Crippen LogP contribution in [-0.2, 0) is 0 Å². The molecule has 3 heteroatoms. The Kier molecular flexibility index (Phi) is 2.68. The highest BCUT2D eigenvalue weighted by atomic mass is 16.4. The molecule has 0 atom stereocenters. The first-order valence-corrected chi connectivity index (χ1v) is 4.93. The Morgan fingerprint density at radius 1 is 1.12 bits per heavy atom. The highest BCUT2D eigenvalue weighted by Crippen LogP contribution is 2.17. The van der Waals surface area contributed by atoms with E-state index < -0.39 is 5.97 Å². The lowest BCUT2D eigenvalue weighted by Crippen LogP contribution is -1.95. The minimum Gasteiger partial charge on any atom is -0.478 e. The van der Waals surface area contributed by atoms with Gasteiger partial charge in [0.15, 0.2) is 0 Å². The van der Waals surface area contributed by atoms with Gasteiger partial charge in [-0.15, -0.1) is 0 Å². The van der Waals surface area contributed by atoms with Crippen LogP contribution in [0.3, 0.4) is 0 Å². The van der Waals surface area contributed by atoms with E-state index in [1.54, 1.807) is 30.5 Å². The van der Waals surface area contributed by atoms with Crippen molar-refractivity contribution in [3.05, 3.63) is 53.7 Å². The van der Waals surface area contributed by atoms with Crippen molar-refractivity contribution in [3.8, 4) is 11.3 Å². The lowest BCUT2D eigenvalue weighted by atomic mass is 10.1. The monoisotopic (exact) mass is 213 g/mol. The maximum atomic E-state index is 10.7. The summed E-state index contributed by atoms with van der Waals surface area (Å²) in [5, 5.41) is 8.77. The highest BCUT2D eigenvalue weighted by Gasteiger charge is 2.03. The smallest absolute Gasteiger partial charge is 0.335 e. The third-order valence-corrected chi connectivity index (χ3v) is 2.34. The number of carboxylic acids is 1. The van der Waals surface area contributed by atoms with E-state index in [0.29, 0.717) is 0 Å². The van der Waals surface area contributed by atoms with Crippen LogP contribution in [0.4, 0.5) is 0 Å². The fourth-order valence-electron chi connectivity index (χ4n) is 1.42. The van der Waals surface area contributed by atoms with Gasteiger partial charge in [0, 0.05) is 11.8 Å². The normalized spacial score (nSPS) is 10.1. The van der Waals surface area contributed by atoms with Gasteiger partial charge in [-0.05, 0) is 30.7 Å². The number of rotatable bonds is 2. The van der Waals surface area contributed by atoms with Crippen LogP contribution in [0.2, 0.25) is 0 Å². The van der Waals surface area contributed by atoms with Crippen molar-refractivity contribution in [2.45, 2.75) is 6.92 Å². The van der Waals surface area contributed by atoms with Crippen LogP contribution in [0.1, 0.15) is 15.9 Å². The van der Waals surface area contributed by atoms with Crippen LogP contribution >= 0.6 is 0 Å². The summed E-state index contributed by atoms with van der Waals surface area (Å²) in [4.78, 5) is 15.0. The summed E-state index contributed by atoms with van der Waals surface area (Å²) in [7, 11) is 0. The summed E-state index contributed by atoms with van der Waals surface area (Å²) >= 11 is 0. The number of aromatic carboxylic acids is 1. The lowest BCUT2D eigenvalue weighted by molar-refractivity contribution is 0.0697. The standard InChI is InChI=1S/C13H11NO2/c1-9-2-7-12(14-8-9)10-3-5-11(6-4-10)13(15)16/h2-8H,1H3,(H,15,16). The largest absolute Gasteiger partial charge is 0.478 e. The zero-order valence-corrected chi connectivity index (χ0v) is 8.84. The second-order valence-corrected chi connectivity index (χ2v) is 3.60. The first kappa shape index (κ1) is 10.4. The molecule has 1 heterocycles. The number of aromatic nitrogens is 1. The van der Waals surface area contributed by atoms with E-state index in [9.17, 15) is 4.79 Å². The predicted octanol–water partition coefficient (Wildman–Crippen LogP) is 2.76. The number of hydrogen-bond acceptors (Lipinski definition) is 2. The van der Waals surface area contributed by atoms with Crippen molar-refractivity contribution in [2.24, 2.45) is 0 Å². The molecule has 0 aliphatic rings. The molecule has 0 spiro atoms. The van der Waals surface area contributed by atoms with Gasteiger partial charge in [0.2, 0.25) is 0 Å². The minimum atomic E-state index is -0.914. The zero-order valence-electron chi connectivity index (χ0n) is 8.84. The number of pyridine rings is 1. The highest BCUT2D eigenvalue weighted by molar-refractivity contribution is 5.88. The van der Waals surface area contributed by atoms with Gasteiger partial charge < -0.3 is 5.11 Å². The van der Waals surface area contributed by atoms with Crippen molar-refractivity contribution in [1.82, 2.24) is 4.98 Å². The molecule has 1 aromatic heterocycles. The quantitative estimate of drug-likeness (QED) is 0.834. The molecular weight excluding hydrogens is 202 g/mol. The molecule has 0 radical (unpaired) electrons. The molecule has 2 rings (SSSR count). The van der Waals surface area contributed by atoms with Gasteiger partial charge >= 0.3 is 5.97 Å². The van der Waals surface area contributed by atoms with Crippen LogP contribution in [-0.4, -0.2) is 16.1 Å². The molecule has 16 heavy (non-hydrogen) atoms. The molecule has 0 unspecified atom stereocenters. The second-order valence-electron chi connectivity index (χ2n) is 3.60. The minimum absolute atomic E-state index is 0.288. The molecule has 0 saturated heterocycles. The third-order valence-electron chi connectivity index (χ3n) is 2.34. The van der Waals surface area contributed by atoms with Crippen LogP contribution in [0.5, 0.6) is 0 Å². The summed E-state index contributed by atoms with van der Waals surface area (Å²) in [6.07, 6.45) is 1.79. The van der Waals surface area contributed by atoms with Crippen LogP contribution in [0, 0.1) is 6.92 Å². The van der Waals surface area contributed by atoms with E-state index in [2.05, 4.69) is 4.98 Å². The third kappa shape index (κ3) is 2.08. The summed E-state index contributed by atoms with van der Waals surface area (Å²) in [5.41, 5.74) is 3.16. The molecule has 2 aromatic rings. The summed E-state index contributed by atoms with van der Waals surface area (Å²) in [6.45, 7) is 1.98. The first-order valence-electron chi connectivity index (χ1n) is 4.93. The fourth-order valence-corrected chi connectivity index (χ4v) is 1.42. The maximum Gasteiger partial charge on any atom is 0.335 e. The van der Waals surface area contributed by atoms with Gasteiger partial charge in [0.25, 0.3) is 0 Å². The fraction of sp³-hybridized carbons (Fsp3) is 0.0769. The average Bonchev–Trinajstić information content (AvgIpc) is 2.30. The molecule has 0 bridgehead atoms. The van der Waals surface area contributed by atoms with Crippen molar-refractivity contribution in [2.75, 3.05) is 0 Å². The van der Waals surface area contributed by atoms with Crippen molar-refractivity contribution in [3.63, 3.8) is 0 Å². The molecule has 1 aromatic carbocycles. The van der Waals surface area contributed by atoms with E-state index in [0.717, 1.165) is 16.8 Å². The first-order chi connectivity index (χ1) is 7.66. The molecular formula is C13H11NO2. The van der Waals surface area contributed by atoms with Gasteiger partial charge in [-0.1, -0.05) is 18.2 Å². The molecule has 80 valence electrons. The number of nitrogens with zero attached hydrogens (tertiary/aromatic N) is 1. The number of carboxylic acid groups (broad SMARTS) is 1. The maximum absolute atomic E-state index is 10.7. The number of hydrogen-bond donors (Lipinski definition) is 1. The second kappa shape index (κ2) is 4.14. The zero-order chi connectivity index (χ0) is 11.5. The number of benzene rings is 1. The Bertz CT molecular complexity index is 500. The Labute approximate surface area is 93.4 Å². The van der Waals surface area contributed by atoms with Crippen LogP contribution < -0.4 is 0 Å². The summed E-state index contributed by atoms with van der Waals surface area (Å²) in [5.74, 6) is -0.914. The van der Waals surface area contributed by atoms with Gasteiger partial charge in [-0.2, -0.15) is 0 Å². The van der Waals surface area contributed by atoms with E-state index >= 15 is 0 Å². The average molecular weight is 213 g/mol. The number of aryl methyl sites for hydroxylation is 1.